The fraction of sp³-hybridized carbons (Fsp3) is 0.273. The van der Waals surface area contributed by atoms with E-state index < -0.39 is 6.17 Å². The maximum Gasteiger partial charge on any atom is 0.227 e. The standard InChI is InChI=1S/C22H20FN7/c23-18-4-6-30(13-18)21-15(9-24)7-17(12-27-21)20-3-5-26-22(29-20)28-19-2-1-14-10-25-11-16(14)8-19/h1-3,5,7-8,12,18,25H,4,6,10-11,13H2,(H,26,28,29). The zero-order valence-corrected chi connectivity index (χ0v) is 16.3. The quantitative estimate of drug-likeness (QED) is 0.693. The van der Waals surface area contributed by atoms with E-state index in [1.54, 1.807) is 24.5 Å². The molecule has 0 amide bonds. The van der Waals surface area contributed by atoms with Crippen molar-refractivity contribution in [1.29, 1.82) is 5.26 Å². The van der Waals surface area contributed by atoms with Gasteiger partial charge in [-0.3, -0.25) is 0 Å². The van der Waals surface area contributed by atoms with Gasteiger partial charge in [-0.05, 0) is 41.8 Å². The van der Waals surface area contributed by atoms with Crippen LogP contribution in [-0.4, -0.2) is 34.2 Å². The van der Waals surface area contributed by atoms with Crippen LogP contribution in [0.25, 0.3) is 11.3 Å². The number of anilines is 3. The first-order valence-electron chi connectivity index (χ1n) is 9.92. The van der Waals surface area contributed by atoms with E-state index in [1.165, 1.54) is 11.1 Å². The van der Waals surface area contributed by atoms with Gasteiger partial charge in [0.15, 0.2) is 0 Å². The predicted octanol–water partition coefficient (Wildman–Crippen LogP) is 3.31. The van der Waals surface area contributed by atoms with E-state index in [9.17, 15) is 9.65 Å². The Morgan fingerprint density at radius 1 is 1.17 bits per heavy atom. The normalized spacial score (nSPS) is 17.6. The van der Waals surface area contributed by atoms with Crippen molar-refractivity contribution >= 4 is 17.5 Å². The average Bonchev–Trinajstić information content (AvgIpc) is 3.42. The molecule has 0 spiro atoms. The fourth-order valence-corrected chi connectivity index (χ4v) is 3.92. The third kappa shape index (κ3) is 3.55. The Labute approximate surface area is 173 Å². The van der Waals surface area contributed by atoms with Gasteiger partial charge < -0.3 is 15.5 Å². The number of fused-ring (bicyclic) bond motifs is 1. The van der Waals surface area contributed by atoms with Crippen LogP contribution >= 0.6 is 0 Å². The highest BCUT2D eigenvalue weighted by Gasteiger charge is 2.25. The minimum absolute atomic E-state index is 0.277. The highest BCUT2D eigenvalue weighted by Crippen LogP contribution is 2.28. The van der Waals surface area contributed by atoms with Gasteiger partial charge in [0.25, 0.3) is 0 Å². The molecule has 2 N–H and O–H groups in total. The van der Waals surface area contributed by atoms with Crippen molar-refractivity contribution in [2.75, 3.05) is 23.3 Å². The van der Waals surface area contributed by atoms with Crippen molar-refractivity contribution in [3.63, 3.8) is 0 Å². The van der Waals surface area contributed by atoms with Gasteiger partial charge in [-0.15, -0.1) is 0 Å². The first kappa shape index (κ1) is 18.5. The molecule has 3 aromatic rings. The predicted molar refractivity (Wildman–Crippen MR) is 112 cm³/mol. The van der Waals surface area contributed by atoms with Crippen LogP contribution in [0.2, 0.25) is 0 Å². The second-order valence-corrected chi connectivity index (χ2v) is 7.52. The van der Waals surface area contributed by atoms with Crippen molar-refractivity contribution in [2.45, 2.75) is 25.7 Å². The highest BCUT2D eigenvalue weighted by atomic mass is 19.1. The molecular weight excluding hydrogens is 381 g/mol. The first-order valence-corrected chi connectivity index (χ1v) is 9.92. The van der Waals surface area contributed by atoms with E-state index in [1.807, 2.05) is 11.0 Å². The summed E-state index contributed by atoms with van der Waals surface area (Å²) in [4.78, 5) is 15.2. The zero-order chi connectivity index (χ0) is 20.5. The van der Waals surface area contributed by atoms with Crippen molar-refractivity contribution in [1.82, 2.24) is 20.3 Å². The van der Waals surface area contributed by atoms with Crippen LogP contribution < -0.4 is 15.5 Å². The molecule has 8 heteroatoms. The summed E-state index contributed by atoms with van der Waals surface area (Å²) in [5, 5.41) is 16.2. The van der Waals surface area contributed by atoms with E-state index in [2.05, 4.69) is 43.8 Å². The van der Waals surface area contributed by atoms with E-state index in [4.69, 9.17) is 0 Å². The van der Waals surface area contributed by atoms with E-state index >= 15 is 0 Å². The van der Waals surface area contributed by atoms with Crippen LogP contribution in [0.5, 0.6) is 0 Å². The summed E-state index contributed by atoms with van der Waals surface area (Å²) in [5.74, 6) is 1.00. The molecule has 1 saturated heterocycles. The third-order valence-corrected chi connectivity index (χ3v) is 5.46. The second kappa shape index (κ2) is 7.69. The number of nitrogens with one attached hydrogen (secondary N) is 2. The number of rotatable bonds is 4. The lowest BCUT2D eigenvalue weighted by Crippen LogP contribution is -2.22. The van der Waals surface area contributed by atoms with Crippen molar-refractivity contribution < 1.29 is 4.39 Å². The van der Waals surface area contributed by atoms with Crippen LogP contribution in [0.4, 0.5) is 21.8 Å². The molecule has 0 saturated carbocycles. The number of hydrogen-bond donors (Lipinski definition) is 2. The van der Waals surface area contributed by atoms with Gasteiger partial charge in [0, 0.05) is 43.3 Å². The van der Waals surface area contributed by atoms with E-state index in [0.29, 0.717) is 36.0 Å². The zero-order valence-electron chi connectivity index (χ0n) is 16.3. The number of aromatic nitrogens is 3. The van der Waals surface area contributed by atoms with Gasteiger partial charge in [0.1, 0.15) is 18.1 Å². The van der Waals surface area contributed by atoms with Crippen molar-refractivity contribution in [3.8, 4) is 17.3 Å². The van der Waals surface area contributed by atoms with Crippen LogP contribution in [0.15, 0.2) is 42.7 Å². The Bertz CT molecular complexity index is 1140. The first-order chi connectivity index (χ1) is 14.7. The summed E-state index contributed by atoms with van der Waals surface area (Å²) in [6, 6.07) is 11.9. The summed E-state index contributed by atoms with van der Waals surface area (Å²) in [6.07, 6.45) is 2.94. The number of nitrogens with zero attached hydrogens (tertiary/aromatic N) is 5. The van der Waals surface area contributed by atoms with E-state index in [-0.39, 0.29) is 6.54 Å². The minimum atomic E-state index is -0.872. The topological polar surface area (TPSA) is 89.8 Å². The molecule has 2 aromatic heterocycles. The minimum Gasteiger partial charge on any atom is -0.352 e. The van der Waals surface area contributed by atoms with Crippen LogP contribution in [-0.2, 0) is 13.1 Å². The number of alkyl halides is 1. The Kier molecular flexibility index (Phi) is 4.73. The van der Waals surface area contributed by atoms with Gasteiger partial charge in [-0.2, -0.15) is 5.26 Å². The van der Waals surface area contributed by atoms with Gasteiger partial charge in [0.2, 0.25) is 5.95 Å². The van der Waals surface area contributed by atoms with E-state index in [0.717, 1.165) is 24.3 Å². The Balaban J connectivity index is 1.40. The summed E-state index contributed by atoms with van der Waals surface area (Å²) in [7, 11) is 0. The maximum absolute atomic E-state index is 13.6. The Morgan fingerprint density at radius 3 is 2.90 bits per heavy atom. The monoisotopic (exact) mass is 401 g/mol. The molecule has 0 bridgehead atoms. The lowest BCUT2D eigenvalue weighted by Gasteiger charge is -2.18. The van der Waals surface area contributed by atoms with Gasteiger partial charge in [-0.1, -0.05) is 6.07 Å². The van der Waals surface area contributed by atoms with Crippen molar-refractivity contribution in [2.24, 2.45) is 0 Å². The number of nitriles is 1. The molecule has 5 rings (SSSR count). The molecule has 7 nitrogen and oxygen atoms in total. The molecule has 2 aliphatic rings. The van der Waals surface area contributed by atoms with Gasteiger partial charge >= 0.3 is 0 Å². The molecule has 1 atom stereocenters. The lowest BCUT2D eigenvalue weighted by atomic mass is 10.1. The molecule has 150 valence electrons. The summed E-state index contributed by atoms with van der Waals surface area (Å²) in [5.41, 5.74) is 5.30. The molecule has 4 heterocycles. The fourth-order valence-electron chi connectivity index (χ4n) is 3.92. The lowest BCUT2D eigenvalue weighted by molar-refractivity contribution is 0.364. The largest absolute Gasteiger partial charge is 0.352 e. The average molecular weight is 401 g/mol. The highest BCUT2D eigenvalue weighted by molar-refractivity contribution is 5.67. The SMILES string of the molecule is N#Cc1cc(-c2ccnc(Nc3ccc4c(c3)CNC4)n2)cnc1N1CCC(F)C1. The van der Waals surface area contributed by atoms with Gasteiger partial charge in [-0.25, -0.2) is 19.3 Å². The molecular formula is C22H20FN7. The number of benzene rings is 1. The molecule has 1 aromatic carbocycles. The van der Waals surface area contributed by atoms with Crippen LogP contribution in [0.3, 0.4) is 0 Å². The second-order valence-electron chi connectivity index (χ2n) is 7.52. The molecule has 0 radical (unpaired) electrons. The van der Waals surface area contributed by atoms with Crippen LogP contribution in [0, 0.1) is 11.3 Å². The summed E-state index contributed by atoms with van der Waals surface area (Å²) in [6.45, 7) is 2.61. The Morgan fingerprint density at radius 2 is 2.07 bits per heavy atom. The number of hydrogen-bond acceptors (Lipinski definition) is 7. The molecule has 1 unspecified atom stereocenters. The summed E-state index contributed by atoms with van der Waals surface area (Å²) >= 11 is 0. The Hall–Kier alpha value is -3.57. The smallest absolute Gasteiger partial charge is 0.227 e. The van der Waals surface area contributed by atoms with Crippen LogP contribution in [0.1, 0.15) is 23.1 Å². The molecule has 30 heavy (non-hydrogen) atoms. The third-order valence-electron chi connectivity index (χ3n) is 5.46. The molecule has 2 aliphatic heterocycles. The maximum atomic E-state index is 13.6. The molecule has 0 aliphatic carbocycles. The number of halogens is 1. The van der Waals surface area contributed by atoms with Crippen molar-refractivity contribution in [3.05, 3.63) is 59.4 Å². The molecule has 1 fully saturated rings. The summed E-state index contributed by atoms with van der Waals surface area (Å²) < 4.78 is 13.6. The van der Waals surface area contributed by atoms with Gasteiger partial charge in [0.05, 0.1) is 17.8 Å². The number of pyridine rings is 1.